The van der Waals surface area contributed by atoms with Crippen LogP contribution in [0.15, 0.2) is 41.2 Å². The normalized spacial score (nSPS) is 13.2. The standard InChI is InChI=1S/C21H19F6NO3/c1-3-4-10-28-15-9-8-12(19(30,20(22,23)24)21(25,26)27)11-14(15)13-6-5-7-16(31-2)17(13)18(28)29/h5-9,11,30H,3-4,10H2,1-2H3. The fourth-order valence-corrected chi connectivity index (χ4v) is 3.63. The van der Waals surface area contributed by atoms with E-state index in [1.807, 2.05) is 6.92 Å². The molecule has 0 bridgehead atoms. The van der Waals surface area contributed by atoms with Gasteiger partial charge < -0.3 is 14.4 Å². The van der Waals surface area contributed by atoms with Crippen LogP contribution in [0.5, 0.6) is 5.75 Å². The predicted octanol–water partition coefficient (Wildman–Crippen LogP) is 5.28. The topological polar surface area (TPSA) is 51.5 Å². The van der Waals surface area contributed by atoms with Crippen LogP contribution in [-0.4, -0.2) is 29.1 Å². The van der Waals surface area contributed by atoms with Gasteiger partial charge in [-0.05, 0) is 24.6 Å². The quantitative estimate of drug-likeness (QED) is 0.428. The minimum absolute atomic E-state index is 0.0333. The van der Waals surface area contributed by atoms with Gasteiger partial charge >= 0.3 is 12.4 Å². The molecular formula is C21H19F6NO3. The number of rotatable bonds is 5. The largest absolute Gasteiger partial charge is 0.496 e. The highest BCUT2D eigenvalue weighted by atomic mass is 19.4. The molecule has 4 nitrogen and oxygen atoms in total. The molecule has 1 N–H and O–H groups in total. The Morgan fingerprint density at radius 1 is 1.00 bits per heavy atom. The fourth-order valence-electron chi connectivity index (χ4n) is 3.63. The number of alkyl halides is 6. The highest BCUT2D eigenvalue weighted by molar-refractivity contribution is 6.08. The number of hydrogen-bond donors (Lipinski definition) is 1. The number of pyridine rings is 1. The van der Waals surface area contributed by atoms with Gasteiger partial charge in [-0.3, -0.25) is 4.79 Å². The summed E-state index contributed by atoms with van der Waals surface area (Å²) < 4.78 is 86.8. The van der Waals surface area contributed by atoms with Crippen LogP contribution in [0.2, 0.25) is 0 Å². The van der Waals surface area contributed by atoms with Crippen LogP contribution in [0.1, 0.15) is 25.3 Å². The van der Waals surface area contributed by atoms with Crippen LogP contribution in [0.3, 0.4) is 0 Å². The number of ether oxygens (including phenoxy) is 1. The summed E-state index contributed by atoms with van der Waals surface area (Å²) in [4.78, 5) is 13.1. The zero-order valence-corrected chi connectivity index (χ0v) is 16.6. The van der Waals surface area contributed by atoms with Gasteiger partial charge in [-0.25, -0.2) is 0 Å². The van der Waals surface area contributed by atoms with Crippen LogP contribution in [-0.2, 0) is 12.1 Å². The van der Waals surface area contributed by atoms with Crippen molar-refractivity contribution in [3.05, 3.63) is 52.3 Å². The molecule has 0 amide bonds. The van der Waals surface area contributed by atoms with E-state index in [4.69, 9.17) is 4.74 Å². The summed E-state index contributed by atoms with van der Waals surface area (Å²) in [5.74, 6) is 0.141. The summed E-state index contributed by atoms with van der Waals surface area (Å²) in [5, 5.41) is 9.94. The predicted molar refractivity (Wildman–Crippen MR) is 103 cm³/mol. The van der Waals surface area contributed by atoms with Crippen molar-refractivity contribution < 1.29 is 36.2 Å². The van der Waals surface area contributed by atoms with Crippen molar-refractivity contribution >= 4 is 21.7 Å². The highest BCUT2D eigenvalue weighted by Gasteiger charge is 2.71. The molecule has 3 rings (SSSR count). The average Bonchev–Trinajstić information content (AvgIpc) is 2.70. The van der Waals surface area contributed by atoms with Crippen LogP contribution in [0, 0.1) is 0 Å². The Kier molecular flexibility index (Phi) is 5.72. The Morgan fingerprint density at radius 3 is 2.19 bits per heavy atom. The molecule has 0 saturated carbocycles. The minimum atomic E-state index is -6.01. The summed E-state index contributed by atoms with van der Waals surface area (Å²) in [6.45, 7) is 2.09. The first kappa shape index (κ1) is 22.9. The Balaban J connectivity index is 2.48. The third-order valence-electron chi connectivity index (χ3n) is 5.26. The van der Waals surface area contributed by atoms with Crippen molar-refractivity contribution in [1.82, 2.24) is 4.57 Å². The van der Waals surface area contributed by atoms with Gasteiger partial charge in [0.1, 0.15) is 5.75 Å². The van der Waals surface area contributed by atoms with E-state index < -0.39 is 29.1 Å². The Labute approximate surface area is 172 Å². The molecule has 0 aliphatic carbocycles. The van der Waals surface area contributed by atoms with E-state index in [2.05, 4.69) is 0 Å². The van der Waals surface area contributed by atoms with Crippen molar-refractivity contribution in [2.24, 2.45) is 0 Å². The number of hydrogen-bond acceptors (Lipinski definition) is 3. The lowest BCUT2D eigenvalue weighted by Gasteiger charge is -2.33. The molecule has 0 unspecified atom stereocenters. The molecule has 1 heterocycles. The van der Waals surface area contributed by atoms with Crippen molar-refractivity contribution in [3.8, 4) is 5.75 Å². The molecule has 0 saturated heterocycles. The van der Waals surface area contributed by atoms with Crippen molar-refractivity contribution in [2.45, 2.75) is 44.3 Å². The van der Waals surface area contributed by atoms with Crippen molar-refractivity contribution in [2.75, 3.05) is 7.11 Å². The van der Waals surface area contributed by atoms with Gasteiger partial charge in [-0.1, -0.05) is 31.5 Å². The lowest BCUT2D eigenvalue weighted by molar-refractivity contribution is -0.376. The first-order valence-corrected chi connectivity index (χ1v) is 9.38. The molecule has 1 aromatic heterocycles. The van der Waals surface area contributed by atoms with Gasteiger partial charge in [0, 0.05) is 22.9 Å². The summed E-state index contributed by atoms with van der Waals surface area (Å²) in [6, 6.07) is 6.56. The number of nitrogens with zero attached hydrogens (tertiary/aromatic N) is 1. The third kappa shape index (κ3) is 3.52. The van der Waals surface area contributed by atoms with E-state index in [9.17, 15) is 36.2 Å². The van der Waals surface area contributed by atoms with E-state index in [0.717, 1.165) is 6.07 Å². The van der Waals surface area contributed by atoms with E-state index in [1.165, 1.54) is 29.9 Å². The van der Waals surface area contributed by atoms with Gasteiger partial charge in [0.2, 0.25) is 0 Å². The van der Waals surface area contributed by atoms with Crippen molar-refractivity contribution in [3.63, 3.8) is 0 Å². The van der Waals surface area contributed by atoms with Crippen LogP contribution in [0.25, 0.3) is 21.7 Å². The van der Waals surface area contributed by atoms with E-state index in [-0.39, 0.29) is 34.0 Å². The molecule has 0 aliphatic rings. The number of aryl methyl sites for hydroxylation is 1. The number of aromatic nitrogens is 1. The van der Waals surface area contributed by atoms with Gasteiger partial charge in [-0.2, -0.15) is 26.3 Å². The summed E-state index contributed by atoms with van der Waals surface area (Å²) in [7, 11) is 1.30. The number of fused-ring (bicyclic) bond motifs is 3. The van der Waals surface area contributed by atoms with E-state index in [1.54, 1.807) is 0 Å². The molecular weight excluding hydrogens is 428 g/mol. The van der Waals surface area contributed by atoms with Gasteiger partial charge in [0.25, 0.3) is 11.2 Å². The van der Waals surface area contributed by atoms with E-state index >= 15 is 0 Å². The summed E-state index contributed by atoms with van der Waals surface area (Å²) in [6.07, 6.45) is -10.8. The first-order chi connectivity index (χ1) is 14.4. The number of unbranched alkanes of at least 4 members (excludes halogenated alkanes) is 1. The lowest BCUT2D eigenvalue weighted by atomic mass is 9.90. The van der Waals surface area contributed by atoms with Gasteiger partial charge in [-0.15, -0.1) is 0 Å². The van der Waals surface area contributed by atoms with Crippen molar-refractivity contribution in [1.29, 1.82) is 0 Å². The number of benzene rings is 2. The van der Waals surface area contributed by atoms with Crippen LogP contribution in [0.4, 0.5) is 26.3 Å². The minimum Gasteiger partial charge on any atom is -0.496 e. The Hall–Kier alpha value is -2.75. The van der Waals surface area contributed by atoms with Gasteiger partial charge in [0.15, 0.2) is 0 Å². The molecule has 10 heteroatoms. The average molecular weight is 447 g/mol. The molecule has 0 radical (unpaired) electrons. The highest BCUT2D eigenvalue weighted by Crippen LogP contribution is 2.50. The van der Waals surface area contributed by atoms with Crippen LogP contribution >= 0.6 is 0 Å². The Bertz CT molecular complexity index is 1170. The van der Waals surface area contributed by atoms with Gasteiger partial charge in [0.05, 0.1) is 18.0 Å². The first-order valence-electron chi connectivity index (χ1n) is 9.38. The maximum Gasteiger partial charge on any atom is 0.430 e. The monoisotopic (exact) mass is 447 g/mol. The molecule has 2 aromatic carbocycles. The van der Waals surface area contributed by atoms with E-state index in [0.29, 0.717) is 25.0 Å². The molecule has 31 heavy (non-hydrogen) atoms. The molecule has 3 aromatic rings. The number of aliphatic hydroxyl groups is 1. The second-order valence-corrected chi connectivity index (χ2v) is 7.13. The molecule has 0 aliphatic heterocycles. The SMILES string of the molecule is CCCCn1c(=O)c2c(OC)cccc2c2cc(C(O)(C(F)(F)F)C(F)(F)F)ccc21. The molecule has 168 valence electrons. The second kappa shape index (κ2) is 7.74. The molecule has 0 fully saturated rings. The summed E-state index contributed by atoms with van der Waals surface area (Å²) >= 11 is 0. The number of halogens is 6. The fraction of sp³-hybridized carbons (Fsp3) is 0.381. The second-order valence-electron chi connectivity index (χ2n) is 7.13. The molecule has 0 spiro atoms. The third-order valence-corrected chi connectivity index (χ3v) is 5.26. The maximum absolute atomic E-state index is 13.4. The summed E-state index contributed by atoms with van der Waals surface area (Å²) in [5.41, 5.74) is -6.76. The Morgan fingerprint density at radius 2 is 1.65 bits per heavy atom. The zero-order valence-electron chi connectivity index (χ0n) is 16.6. The van der Waals surface area contributed by atoms with Crippen LogP contribution < -0.4 is 10.3 Å². The zero-order chi connectivity index (χ0) is 23.2. The molecule has 0 atom stereocenters. The number of methoxy groups -OCH3 is 1. The smallest absolute Gasteiger partial charge is 0.430 e. The lowest BCUT2D eigenvalue weighted by Crippen LogP contribution is -2.53. The maximum atomic E-state index is 13.4.